The van der Waals surface area contributed by atoms with Crippen molar-refractivity contribution in [2.45, 2.75) is 26.7 Å². The Morgan fingerprint density at radius 3 is 2.37 bits per heavy atom. The van der Waals surface area contributed by atoms with Gasteiger partial charge in [0.1, 0.15) is 23.2 Å². The van der Waals surface area contributed by atoms with E-state index in [1.54, 1.807) is 19.9 Å². The summed E-state index contributed by atoms with van der Waals surface area (Å²) >= 11 is 0. The van der Waals surface area contributed by atoms with Gasteiger partial charge in [0.05, 0.1) is 11.1 Å². The van der Waals surface area contributed by atoms with Gasteiger partial charge in [-0.15, -0.1) is 0 Å². The minimum atomic E-state index is -0.960. The predicted molar refractivity (Wildman–Crippen MR) is 91.7 cm³/mol. The molecule has 7 nitrogen and oxygen atoms in total. The lowest BCUT2D eigenvalue weighted by molar-refractivity contribution is -0.121. The van der Waals surface area contributed by atoms with E-state index in [1.165, 1.54) is 0 Å². The van der Waals surface area contributed by atoms with Gasteiger partial charge >= 0.3 is 0 Å². The Hall–Kier alpha value is -3.23. The molecule has 0 spiro atoms. The Kier molecular flexibility index (Phi) is 6.64. The van der Waals surface area contributed by atoms with Crippen molar-refractivity contribution >= 4 is 17.7 Å². The number of hydrogen-bond acceptors (Lipinski definition) is 4. The van der Waals surface area contributed by atoms with Crippen LogP contribution in [0.25, 0.3) is 0 Å². The van der Waals surface area contributed by atoms with Crippen molar-refractivity contribution in [3.05, 3.63) is 58.5 Å². The molecule has 0 bridgehead atoms. The van der Waals surface area contributed by atoms with E-state index in [4.69, 9.17) is 4.42 Å². The molecule has 9 heteroatoms. The number of carbonyl (C=O) groups excluding carboxylic acids is 3. The standard InChI is InChI=1S/C18H19F2N3O4/c1-10-8-14(11(2)27-10)18(26)23-22-16(24)4-3-7-21-17(25)13-6-5-12(19)9-15(13)20/h5-6,8-9H,3-4,7H2,1-2H3,(H,21,25)(H,22,24)(H,23,26). The van der Waals surface area contributed by atoms with Crippen molar-refractivity contribution in [2.75, 3.05) is 6.54 Å². The van der Waals surface area contributed by atoms with Crippen molar-refractivity contribution in [3.63, 3.8) is 0 Å². The van der Waals surface area contributed by atoms with E-state index in [0.29, 0.717) is 23.2 Å². The van der Waals surface area contributed by atoms with Crippen LogP contribution in [0.15, 0.2) is 28.7 Å². The zero-order chi connectivity index (χ0) is 20.0. The molecule has 0 saturated heterocycles. The lowest BCUT2D eigenvalue weighted by Crippen LogP contribution is -2.41. The number of furan rings is 1. The van der Waals surface area contributed by atoms with Crippen LogP contribution in [0.4, 0.5) is 8.78 Å². The van der Waals surface area contributed by atoms with Crippen LogP contribution in [-0.2, 0) is 4.79 Å². The van der Waals surface area contributed by atoms with Crippen LogP contribution < -0.4 is 16.2 Å². The first kappa shape index (κ1) is 20.1. The fourth-order valence-electron chi connectivity index (χ4n) is 2.33. The number of hydrogen-bond donors (Lipinski definition) is 3. The van der Waals surface area contributed by atoms with Crippen molar-refractivity contribution in [2.24, 2.45) is 0 Å². The molecule has 0 fully saturated rings. The average Bonchev–Trinajstić information content (AvgIpc) is 2.94. The smallest absolute Gasteiger partial charge is 0.273 e. The highest BCUT2D eigenvalue weighted by molar-refractivity contribution is 5.96. The second kappa shape index (κ2) is 8.93. The molecule has 1 heterocycles. The Morgan fingerprint density at radius 2 is 1.74 bits per heavy atom. The summed E-state index contributed by atoms with van der Waals surface area (Å²) in [4.78, 5) is 35.4. The number of nitrogens with one attached hydrogen (secondary N) is 3. The van der Waals surface area contributed by atoms with Gasteiger partial charge in [-0.2, -0.15) is 0 Å². The maximum absolute atomic E-state index is 13.5. The number of amides is 3. The lowest BCUT2D eigenvalue weighted by atomic mass is 10.2. The van der Waals surface area contributed by atoms with E-state index in [0.717, 1.165) is 12.1 Å². The predicted octanol–water partition coefficient (Wildman–Crippen LogP) is 2.15. The summed E-state index contributed by atoms with van der Waals surface area (Å²) in [5.41, 5.74) is 4.57. The maximum atomic E-state index is 13.5. The van der Waals surface area contributed by atoms with Crippen LogP contribution in [0.1, 0.15) is 45.1 Å². The first-order valence-corrected chi connectivity index (χ1v) is 8.17. The van der Waals surface area contributed by atoms with Crippen LogP contribution in [-0.4, -0.2) is 24.3 Å². The summed E-state index contributed by atoms with van der Waals surface area (Å²) in [6.07, 6.45) is 0.288. The van der Waals surface area contributed by atoms with Crippen LogP contribution in [0.2, 0.25) is 0 Å². The summed E-state index contributed by atoms with van der Waals surface area (Å²) in [7, 11) is 0. The zero-order valence-corrected chi connectivity index (χ0v) is 14.8. The van der Waals surface area contributed by atoms with Crippen molar-refractivity contribution in [1.29, 1.82) is 0 Å². The van der Waals surface area contributed by atoms with Crippen molar-refractivity contribution < 1.29 is 27.6 Å². The Bertz CT molecular complexity index is 864. The highest BCUT2D eigenvalue weighted by atomic mass is 19.1. The number of halogens is 2. The van der Waals surface area contributed by atoms with Gasteiger partial charge in [0, 0.05) is 19.0 Å². The number of benzene rings is 1. The van der Waals surface area contributed by atoms with Crippen LogP contribution >= 0.6 is 0 Å². The fourth-order valence-corrected chi connectivity index (χ4v) is 2.33. The van der Waals surface area contributed by atoms with Gasteiger partial charge in [-0.05, 0) is 38.5 Å². The van der Waals surface area contributed by atoms with E-state index in [-0.39, 0.29) is 24.9 Å². The molecule has 0 radical (unpaired) electrons. The van der Waals surface area contributed by atoms with Crippen LogP contribution in [0.5, 0.6) is 0 Å². The molecule has 27 heavy (non-hydrogen) atoms. The largest absolute Gasteiger partial charge is 0.466 e. The third-order valence-electron chi connectivity index (χ3n) is 3.64. The molecule has 144 valence electrons. The summed E-state index contributed by atoms with van der Waals surface area (Å²) in [6, 6.07) is 4.20. The number of hydrazine groups is 1. The molecule has 3 N–H and O–H groups in total. The molecule has 0 unspecified atom stereocenters. The molecule has 3 amide bonds. The molecular formula is C18H19F2N3O4. The van der Waals surface area contributed by atoms with E-state index in [1.807, 2.05) is 0 Å². The first-order valence-electron chi connectivity index (χ1n) is 8.17. The van der Waals surface area contributed by atoms with Gasteiger partial charge in [0.15, 0.2) is 0 Å². The molecule has 0 aliphatic heterocycles. The van der Waals surface area contributed by atoms with E-state index >= 15 is 0 Å². The van der Waals surface area contributed by atoms with Crippen molar-refractivity contribution in [1.82, 2.24) is 16.2 Å². The molecule has 0 atom stereocenters. The molecule has 2 aromatic rings. The second-order valence-corrected chi connectivity index (χ2v) is 5.81. The average molecular weight is 379 g/mol. The topological polar surface area (TPSA) is 100 Å². The Balaban J connectivity index is 1.69. The van der Waals surface area contributed by atoms with Gasteiger partial charge in [0.2, 0.25) is 5.91 Å². The normalized spacial score (nSPS) is 10.4. The SMILES string of the molecule is Cc1cc(C(=O)NNC(=O)CCCNC(=O)c2ccc(F)cc2F)c(C)o1. The van der Waals surface area contributed by atoms with E-state index < -0.39 is 29.4 Å². The third kappa shape index (κ3) is 5.63. The third-order valence-corrected chi connectivity index (χ3v) is 3.64. The summed E-state index contributed by atoms with van der Waals surface area (Å²) in [6.45, 7) is 3.45. The lowest BCUT2D eigenvalue weighted by Gasteiger charge is -2.08. The maximum Gasteiger partial charge on any atom is 0.273 e. The Labute approximate surface area is 154 Å². The van der Waals surface area contributed by atoms with Crippen LogP contribution in [0.3, 0.4) is 0 Å². The number of aryl methyl sites for hydroxylation is 2. The van der Waals surface area contributed by atoms with Crippen LogP contribution in [0, 0.1) is 25.5 Å². The second-order valence-electron chi connectivity index (χ2n) is 5.81. The zero-order valence-electron chi connectivity index (χ0n) is 14.8. The number of carbonyl (C=O) groups is 3. The Morgan fingerprint density at radius 1 is 1.00 bits per heavy atom. The monoisotopic (exact) mass is 379 g/mol. The molecule has 2 rings (SSSR count). The molecule has 0 saturated carbocycles. The molecule has 1 aromatic heterocycles. The highest BCUT2D eigenvalue weighted by Gasteiger charge is 2.14. The van der Waals surface area contributed by atoms with Gasteiger partial charge in [0.25, 0.3) is 11.8 Å². The fraction of sp³-hybridized carbons (Fsp3) is 0.278. The van der Waals surface area contributed by atoms with Gasteiger partial charge in [-0.1, -0.05) is 0 Å². The molecule has 1 aromatic carbocycles. The molecule has 0 aliphatic carbocycles. The summed E-state index contributed by atoms with van der Waals surface area (Å²) in [5, 5.41) is 2.43. The van der Waals surface area contributed by atoms with Gasteiger partial charge in [-0.25, -0.2) is 8.78 Å². The minimum Gasteiger partial charge on any atom is -0.466 e. The van der Waals surface area contributed by atoms with E-state index in [2.05, 4.69) is 16.2 Å². The van der Waals surface area contributed by atoms with Crippen molar-refractivity contribution in [3.8, 4) is 0 Å². The molecular weight excluding hydrogens is 360 g/mol. The van der Waals surface area contributed by atoms with Gasteiger partial charge in [-0.3, -0.25) is 25.2 Å². The minimum absolute atomic E-state index is 0.0237. The summed E-state index contributed by atoms with van der Waals surface area (Å²) < 4.78 is 31.5. The number of rotatable bonds is 6. The van der Waals surface area contributed by atoms with Gasteiger partial charge < -0.3 is 9.73 Å². The quantitative estimate of drug-likeness (QED) is 0.529. The highest BCUT2D eigenvalue weighted by Crippen LogP contribution is 2.13. The molecule has 0 aliphatic rings. The first-order chi connectivity index (χ1) is 12.8. The van der Waals surface area contributed by atoms with E-state index in [9.17, 15) is 23.2 Å². The summed E-state index contributed by atoms with van der Waals surface area (Å²) in [5.74, 6) is -2.37.